The maximum atomic E-state index is 8.77. The molecule has 3 N–H and O–H groups in total. The van der Waals surface area contributed by atoms with Crippen molar-refractivity contribution >= 4 is 0 Å². The molecule has 0 saturated heterocycles. The smallest absolute Gasteiger partial charge is 0.0471 e. The summed E-state index contributed by atoms with van der Waals surface area (Å²) >= 11 is 0. The van der Waals surface area contributed by atoms with E-state index in [4.69, 9.17) is 10.2 Å². The summed E-state index contributed by atoms with van der Waals surface area (Å²) in [4.78, 5) is 0. The lowest BCUT2D eigenvalue weighted by atomic mass is 10.1. The number of aliphatic hydroxyl groups excluding tert-OH is 2. The highest BCUT2D eigenvalue weighted by atomic mass is 16.3. The normalized spacial score (nSPS) is 16.4. The van der Waals surface area contributed by atoms with Crippen molar-refractivity contribution in [1.82, 2.24) is 5.32 Å². The molecule has 11 heavy (non-hydrogen) atoms. The average Bonchev–Trinajstić information content (AvgIpc) is 2.03. The fraction of sp³-hybridized carbons (Fsp3) is 1.00. The SMILES string of the molecule is CC(CO)C(C)NCCCO. The molecule has 0 radical (unpaired) electrons. The first-order chi connectivity index (χ1) is 5.22. The van der Waals surface area contributed by atoms with E-state index in [0.717, 1.165) is 13.0 Å². The van der Waals surface area contributed by atoms with Crippen LogP contribution in [0.25, 0.3) is 0 Å². The summed E-state index contributed by atoms with van der Waals surface area (Å²) in [7, 11) is 0. The minimum Gasteiger partial charge on any atom is -0.396 e. The second kappa shape index (κ2) is 6.58. The molecule has 0 spiro atoms. The van der Waals surface area contributed by atoms with Gasteiger partial charge in [0.1, 0.15) is 0 Å². The molecular weight excluding hydrogens is 142 g/mol. The highest BCUT2D eigenvalue weighted by Crippen LogP contribution is 1.99. The molecule has 3 heteroatoms. The molecule has 0 aliphatic rings. The number of rotatable bonds is 6. The molecule has 0 aromatic rings. The van der Waals surface area contributed by atoms with Crippen LogP contribution in [0.3, 0.4) is 0 Å². The molecule has 2 atom stereocenters. The minimum absolute atomic E-state index is 0.216. The summed E-state index contributed by atoms with van der Waals surface area (Å²) in [6.45, 7) is 5.30. The van der Waals surface area contributed by atoms with Gasteiger partial charge in [-0.2, -0.15) is 0 Å². The fourth-order valence-electron chi connectivity index (χ4n) is 0.768. The van der Waals surface area contributed by atoms with Crippen molar-refractivity contribution in [3.8, 4) is 0 Å². The predicted octanol–water partition coefficient (Wildman–Crippen LogP) is -0.0247. The highest BCUT2D eigenvalue weighted by Gasteiger charge is 2.08. The van der Waals surface area contributed by atoms with Crippen LogP contribution in [0.15, 0.2) is 0 Å². The minimum atomic E-state index is 0.216. The Kier molecular flexibility index (Phi) is 6.51. The molecule has 0 saturated carbocycles. The van der Waals surface area contributed by atoms with Crippen molar-refractivity contribution in [2.24, 2.45) is 5.92 Å². The molecule has 0 aliphatic heterocycles. The molecule has 0 amide bonds. The van der Waals surface area contributed by atoms with Gasteiger partial charge >= 0.3 is 0 Å². The third-order valence-electron chi connectivity index (χ3n) is 1.94. The lowest BCUT2D eigenvalue weighted by molar-refractivity contribution is 0.204. The quantitative estimate of drug-likeness (QED) is 0.480. The summed E-state index contributed by atoms with van der Waals surface area (Å²) in [5.41, 5.74) is 0. The third kappa shape index (κ3) is 5.18. The van der Waals surface area contributed by atoms with Crippen LogP contribution in [0.1, 0.15) is 20.3 Å². The van der Waals surface area contributed by atoms with Gasteiger partial charge < -0.3 is 15.5 Å². The van der Waals surface area contributed by atoms with Gasteiger partial charge in [0.2, 0.25) is 0 Å². The highest BCUT2D eigenvalue weighted by molar-refractivity contribution is 4.66. The van der Waals surface area contributed by atoms with E-state index in [1.165, 1.54) is 0 Å². The van der Waals surface area contributed by atoms with E-state index >= 15 is 0 Å². The first-order valence-electron chi connectivity index (χ1n) is 4.17. The van der Waals surface area contributed by atoms with Crippen molar-refractivity contribution < 1.29 is 10.2 Å². The fourth-order valence-corrected chi connectivity index (χ4v) is 0.768. The topological polar surface area (TPSA) is 52.5 Å². The molecule has 0 bridgehead atoms. The second-order valence-electron chi connectivity index (χ2n) is 2.98. The first-order valence-corrected chi connectivity index (χ1v) is 4.17. The Balaban J connectivity index is 3.28. The molecule has 68 valence electrons. The summed E-state index contributed by atoms with van der Waals surface area (Å²) in [5, 5.41) is 20.5. The van der Waals surface area contributed by atoms with Gasteiger partial charge in [-0.05, 0) is 25.8 Å². The van der Waals surface area contributed by atoms with Gasteiger partial charge in [-0.1, -0.05) is 6.92 Å². The van der Waals surface area contributed by atoms with Crippen LogP contribution in [-0.4, -0.2) is 36.0 Å². The van der Waals surface area contributed by atoms with Crippen LogP contribution >= 0.6 is 0 Å². The van der Waals surface area contributed by atoms with E-state index in [9.17, 15) is 0 Å². The van der Waals surface area contributed by atoms with E-state index in [2.05, 4.69) is 5.32 Å². The van der Waals surface area contributed by atoms with E-state index in [0.29, 0.717) is 6.04 Å². The van der Waals surface area contributed by atoms with Gasteiger partial charge in [-0.15, -0.1) is 0 Å². The Bertz CT molecular complexity index is 88.2. The Hall–Kier alpha value is -0.120. The lowest BCUT2D eigenvalue weighted by Gasteiger charge is -2.18. The van der Waals surface area contributed by atoms with Gasteiger partial charge in [0, 0.05) is 19.3 Å². The third-order valence-corrected chi connectivity index (χ3v) is 1.94. The summed E-state index contributed by atoms with van der Waals surface area (Å²) in [5.74, 6) is 0.286. The molecule has 0 aliphatic carbocycles. The van der Waals surface area contributed by atoms with E-state index in [1.54, 1.807) is 0 Å². The predicted molar refractivity (Wildman–Crippen MR) is 45.4 cm³/mol. The van der Waals surface area contributed by atoms with Crippen molar-refractivity contribution in [3.63, 3.8) is 0 Å². The van der Waals surface area contributed by atoms with Crippen molar-refractivity contribution in [1.29, 1.82) is 0 Å². The zero-order chi connectivity index (χ0) is 8.69. The standard InChI is InChI=1S/C8H19NO2/c1-7(6-11)8(2)9-4-3-5-10/h7-11H,3-6H2,1-2H3. The van der Waals surface area contributed by atoms with Crippen LogP contribution in [0.4, 0.5) is 0 Å². The van der Waals surface area contributed by atoms with Gasteiger partial charge in [-0.3, -0.25) is 0 Å². The number of aliphatic hydroxyl groups is 2. The molecular formula is C8H19NO2. The van der Waals surface area contributed by atoms with Gasteiger partial charge in [0.15, 0.2) is 0 Å². The maximum Gasteiger partial charge on any atom is 0.0471 e. The van der Waals surface area contributed by atoms with Gasteiger partial charge in [-0.25, -0.2) is 0 Å². The second-order valence-corrected chi connectivity index (χ2v) is 2.98. The van der Waals surface area contributed by atoms with Crippen LogP contribution in [0.2, 0.25) is 0 Å². The van der Waals surface area contributed by atoms with Crippen molar-refractivity contribution in [2.45, 2.75) is 26.3 Å². The van der Waals surface area contributed by atoms with E-state index in [-0.39, 0.29) is 19.1 Å². The Labute approximate surface area is 68.4 Å². The van der Waals surface area contributed by atoms with Crippen molar-refractivity contribution in [2.75, 3.05) is 19.8 Å². The van der Waals surface area contributed by atoms with E-state index < -0.39 is 0 Å². The molecule has 2 unspecified atom stereocenters. The summed E-state index contributed by atoms with van der Waals surface area (Å²) in [6, 6.07) is 0.326. The monoisotopic (exact) mass is 161 g/mol. The average molecular weight is 161 g/mol. The maximum absolute atomic E-state index is 8.77. The Morgan fingerprint density at radius 2 is 1.91 bits per heavy atom. The van der Waals surface area contributed by atoms with Gasteiger partial charge in [0.25, 0.3) is 0 Å². The van der Waals surface area contributed by atoms with Crippen LogP contribution in [0.5, 0.6) is 0 Å². The Morgan fingerprint density at radius 1 is 1.27 bits per heavy atom. The zero-order valence-corrected chi connectivity index (χ0v) is 7.38. The molecule has 3 nitrogen and oxygen atoms in total. The Morgan fingerprint density at radius 3 is 2.36 bits per heavy atom. The number of hydrogen-bond donors (Lipinski definition) is 3. The number of hydrogen-bond acceptors (Lipinski definition) is 3. The molecule has 0 aromatic carbocycles. The largest absolute Gasteiger partial charge is 0.396 e. The number of nitrogens with one attached hydrogen (secondary N) is 1. The molecule has 0 heterocycles. The molecule has 0 aromatic heterocycles. The zero-order valence-electron chi connectivity index (χ0n) is 7.38. The lowest BCUT2D eigenvalue weighted by Crippen LogP contribution is -2.34. The molecule has 0 rings (SSSR count). The van der Waals surface area contributed by atoms with Gasteiger partial charge in [0.05, 0.1) is 0 Å². The van der Waals surface area contributed by atoms with Crippen LogP contribution < -0.4 is 5.32 Å². The summed E-state index contributed by atoms with van der Waals surface area (Å²) < 4.78 is 0. The van der Waals surface area contributed by atoms with Crippen LogP contribution in [0, 0.1) is 5.92 Å². The van der Waals surface area contributed by atoms with Crippen LogP contribution in [-0.2, 0) is 0 Å². The summed E-state index contributed by atoms with van der Waals surface area (Å²) in [6.07, 6.45) is 0.780. The first kappa shape index (κ1) is 10.9. The van der Waals surface area contributed by atoms with E-state index in [1.807, 2.05) is 13.8 Å². The molecule has 0 fully saturated rings. The van der Waals surface area contributed by atoms with Crippen molar-refractivity contribution in [3.05, 3.63) is 0 Å².